The molecule has 1 saturated carbocycles. The van der Waals surface area contributed by atoms with Crippen LogP contribution in [0.15, 0.2) is 46.3 Å². The number of carbonyl (C=O) groups is 1. The average Bonchev–Trinajstić information content (AvgIpc) is 3.25. The summed E-state index contributed by atoms with van der Waals surface area (Å²) in [5.74, 6) is 1.95. The second kappa shape index (κ2) is 8.08. The molecular formula is C22H24N4O2S. The summed E-state index contributed by atoms with van der Waals surface area (Å²) in [6.45, 7) is 1.86. The minimum Gasteiger partial charge on any atom is -0.354 e. The molecule has 3 aromatic rings. The largest absolute Gasteiger partial charge is 0.354 e. The molecule has 1 fully saturated rings. The lowest BCUT2D eigenvalue weighted by Gasteiger charge is -2.35. The molecule has 1 atom stereocenters. The van der Waals surface area contributed by atoms with Crippen LogP contribution in [0.3, 0.4) is 0 Å². The fourth-order valence-electron chi connectivity index (χ4n) is 3.90. The topological polar surface area (TPSA) is 71.3 Å². The number of nitrogens with one attached hydrogen (secondary N) is 1. The van der Waals surface area contributed by atoms with Crippen molar-refractivity contribution in [3.05, 3.63) is 69.5 Å². The first-order chi connectivity index (χ1) is 14.3. The Hall–Kier alpha value is -2.51. The Kier molecular flexibility index (Phi) is 5.16. The van der Waals surface area contributed by atoms with Crippen molar-refractivity contribution in [2.75, 3.05) is 6.54 Å². The van der Waals surface area contributed by atoms with E-state index in [1.54, 1.807) is 11.3 Å². The van der Waals surface area contributed by atoms with Crippen LogP contribution in [0.4, 0.5) is 0 Å². The first kappa shape index (κ1) is 18.5. The predicted octanol–water partition coefficient (Wildman–Crippen LogP) is 3.29. The number of aromatic nitrogens is 2. The lowest BCUT2D eigenvalue weighted by Crippen LogP contribution is -2.50. The van der Waals surface area contributed by atoms with Crippen LogP contribution < -0.4 is 5.32 Å². The van der Waals surface area contributed by atoms with Gasteiger partial charge in [-0.2, -0.15) is 4.98 Å². The Morgan fingerprint density at radius 2 is 2.07 bits per heavy atom. The first-order valence-electron chi connectivity index (χ1n) is 10.2. The van der Waals surface area contributed by atoms with Crippen molar-refractivity contribution in [2.24, 2.45) is 0 Å². The summed E-state index contributed by atoms with van der Waals surface area (Å²) in [7, 11) is 0. The van der Waals surface area contributed by atoms with E-state index >= 15 is 0 Å². The monoisotopic (exact) mass is 408 g/mol. The van der Waals surface area contributed by atoms with Gasteiger partial charge in [-0.05, 0) is 48.3 Å². The number of thiophene rings is 1. The third kappa shape index (κ3) is 4.26. The molecule has 6 nitrogen and oxygen atoms in total. The number of benzene rings is 1. The van der Waals surface area contributed by atoms with Gasteiger partial charge >= 0.3 is 0 Å². The summed E-state index contributed by atoms with van der Waals surface area (Å²) in [5.41, 5.74) is 2.50. The molecule has 1 aliphatic heterocycles. The zero-order chi connectivity index (χ0) is 19.6. The number of hydrogen-bond acceptors (Lipinski definition) is 6. The molecule has 5 rings (SSSR count). The molecule has 1 N–H and O–H groups in total. The quantitative estimate of drug-likeness (QED) is 0.650. The molecule has 0 bridgehead atoms. The van der Waals surface area contributed by atoms with Gasteiger partial charge in [-0.1, -0.05) is 35.5 Å². The summed E-state index contributed by atoms with van der Waals surface area (Å²) in [4.78, 5) is 21.1. The van der Waals surface area contributed by atoms with Crippen LogP contribution in [0.25, 0.3) is 0 Å². The van der Waals surface area contributed by atoms with Gasteiger partial charge in [-0.15, -0.1) is 11.3 Å². The lowest BCUT2D eigenvalue weighted by molar-refractivity contribution is -0.127. The number of amides is 1. The van der Waals surface area contributed by atoms with Crippen molar-refractivity contribution >= 4 is 17.2 Å². The summed E-state index contributed by atoms with van der Waals surface area (Å²) in [6.07, 6.45) is 3.85. The maximum absolute atomic E-state index is 13.0. The number of hydrogen-bond donors (Lipinski definition) is 1. The Balaban J connectivity index is 1.29. The summed E-state index contributed by atoms with van der Waals surface area (Å²) in [6, 6.07) is 12.3. The fraction of sp³-hybridized carbons (Fsp3) is 0.409. The van der Waals surface area contributed by atoms with E-state index in [4.69, 9.17) is 4.52 Å². The van der Waals surface area contributed by atoms with Gasteiger partial charge in [0.15, 0.2) is 5.82 Å². The van der Waals surface area contributed by atoms with Crippen molar-refractivity contribution in [2.45, 2.75) is 50.7 Å². The molecule has 0 spiro atoms. The minimum absolute atomic E-state index is 0.0676. The SMILES string of the molecule is O=C(NCCc1cccs1)[C@H]1Cc2ccccc2CN1Cc1nc(C2CC2)no1. The molecule has 29 heavy (non-hydrogen) atoms. The molecular weight excluding hydrogens is 384 g/mol. The molecule has 1 aromatic carbocycles. The van der Waals surface area contributed by atoms with Crippen LogP contribution in [0.1, 0.15) is 46.5 Å². The molecule has 2 aliphatic rings. The van der Waals surface area contributed by atoms with E-state index in [0.717, 1.165) is 25.1 Å². The van der Waals surface area contributed by atoms with Crippen molar-refractivity contribution < 1.29 is 9.32 Å². The van der Waals surface area contributed by atoms with Gasteiger partial charge in [0.1, 0.15) is 0 Å². The second-order valence-corrected chi connectivity index (χ2v) is 8.87. The van der Waals surface area contributed by atoms with Crippen LogP contribution >= 0.6 is 11.3 Å². The van der Waals surface area contributed by atoms with Gasteiger partial charge in [0, 0.05) is 23.9 Å². The van der Waals surface area contributed by atoms with E-state index < -0.39 is 0 Å². The van der Waals surface area contributed by atoms with E-state index in [-0.39, 0.29) is 11.9 Å². The highest BCUT2D eigenvalue weighted by Gasteiger charge is 2.33. The van der Waals surface area contributed by atoms with Crippen LogP contribution in [0.2, 0.25) is 0 Å². The van der Waals surface area contributed by atoms with E-state index in [1.807, 2.05) is 12.1 Å². The predicted molar refractivity (Wildman–Crippen MR) is 110 cm³/mol. The van der Waals surface area contributed by atoms with Crippen LogP contribution in [-0.4, -0.2) is 33.5 Å². The van der Waals surface area contributed by atoms with Crippen LogP contribution in [0, 0.1) is 0 Å². The van der Waals surface area contributed by atoms with Crippen LogP contribution in [0.5, 0.6) is 0 Å². The van der Waals surface area contributed by atoms with Gasteiger partial charge in [0.25, 0.3) is 0 Å². The Morgan fingerprint density at radius 1 is 1.21 bits per heavy atom. The molecule has 7 heteroatoms. The highest BCUT2D eigenvalue weighted by molar-refractivity contribution is 7.09. The Bertz CT molecular complexity index is 980. The van der Waals surface area contributed by atoms with Crippen molar-refractivity contribution in [3.63, 3.8) is 0 Å². The van der Waals surface area contributed by atoms with E-state index in [0.29, 0.717) is 37.9 Å². The van der Waals surface area contributed by atoms with E-state index in [2.05, 4.69) is 50.0 Å². The smallest absolute Gasteiger partial charge is 0.240 e. The number of fused-ring (bicyclic) bond motifs is 1. The maximum atomic E-state index is 13.0. The highest BCUT2D eigenvalue weighted by Crippen LogP contribution is 2.38. The number of rotatable bonds is 7. The van der Waals surface area contributed by atoms with Crippen LogP contribution in [-0.2, 0) is 30.7 Å². The van der Waals surface area contributed by atoms with Gasteiger partial charge in [-0.25, -0.2) is 0 Å². The third-order valence-electron chi connectivity index (χ3n) is 5.66. The minimum atomic E-state index is -0.232. The molecule has 150 valence electrons. The molecule has 2 aromatic heterocycles. The molecule has 1 amide bonds. The van der Waals surface area contributed by atoms with Gasteiger partial charge in [-0.3, -0.25) is 9.69 Å². The van der Waals surface area contributed by atoms with E-state index in [1.165, 1.54) is 16.0 Å². The lowest BCUT2D eigenvalue weighted by atomic mass is 9.93. The fourth-order valence-corrected chi connectivity index (χ4v) is 4.61. The Morgan fingerprint density at radius 3 is 2.86 bits per heavy atom. The zero-order valence-corrected chi connectivity index (χ0v) is 17.0. The molecule has 0 unspecified atom stereocenters. The highest BCUT2D eigenvalue weighted by atomic mass is 32.1. The number of carbonyl (C=O) groups excluding carboxylic acids is 1. The summed E-state index contributed by atoms with van der Waals surface area (Å²) < 4.78 is 5.48. The maximum Gasteiger partial charge on any atom is 0.240 e. The van der Waals surface area contributed by atoms with Gasteiger partial charge in [0.05, 0.1) is 12.6 Å². The first-order valence-corrected chi connectivity index (χ1v) is 11.1. The summed E-state index contributed by atoms with van der Waals surface area (Å²) >= 11 is 1.72. The molecule has 0 radical (unpaired) electrons. The third-order valence-corrected chi connectivity index (χ3v) is 6.60. The zero-order valence-electron chi connectivity index (χ0n) is 16.2. The second-order valence-electron chi connectivity index (χ2n) is 7.83. The summed E-state index contributed by atoms with van der Waals surface area (Å²) in [5, 5.41) is 9.32. The molecule has 0 saturated heterocycles. The normalized spacial score (nSPS) is 19.1. The van der Waals surface area contributed by atoms with Gasteiger partial charge in [0.2, 0.25) is 11.8 Å². The number of nitrogens with zero attached hydrogens (tertiary/aromatic N) is 3. The van der Waals surface area contributed by atoms with Crippen molar-refractivity contribution in [3.8, 4) is 0 Å². The van der Waals surface area contributed by atoms with Crippen molar-refractivity contribution in [1.29, 1.82) is 0 Å². The van der Waals surface area contributed by atoms with Gasteiger partial charge < -0.3 is 9.84 Å². The van der Waals surface area contributed by atoms with E-state index in [9.17, 15) is 4.79 Å². The standard InChI is InChI=1S/C22H24N4O2S/c27-22(23-10-9-18-6-3-11-29-18)19-12-16-4-1-2-5-17(16)13-26(19)14-20-24-21(25-28-20)15-7-8-15/h1-6,11,15,19H,7-10,12-14H2,(H,23,27)/t19-/m1/s1. The molecule has 3 heterocycles. The van der Waals surface area contributed by atoms with Crippen molar-refractivity contribution in [1.82, 2.24) is 20.4 Å². The average molecular weight is 409 g/mol. The molecule has 1 aliphatic carbocycles. The Labute approximate surface area is 173 Å².